The van der Waals surface area contributed by atoms with E-state index in [0.29, 0.717) is 28.2 Å². The topological polar surface area (TPSA) is 95.3 Å². The van der Waals surface area contributed by atoms with E-state index in [1.165, 1.54) is 18.0 Å². The minimum Gasteiger partial charge on any atom is -0.497 e. The summed E-state index contributed by atoms with van der Waals surface area (Å²) in [5, 5.41) is 3.21. The van der Waals surface area contributed by atoms with Gasteiger partial charge in [0.2, 0.25) is 5.91 Å². The molecule has 1 aliphatic carbocycles. The fourth-order valence-electron chi connectivity index (χ4n) is 3.57. The van der Waals surface area contributed by atoms with Gasteiger partial charge in [0.25, 0.3) is 5.56 Å². The number of benzene rings is 1. The van der Waals surface area contributed by atoms with Crippen molar-refractivity contribution in [2.24, 2.45) is 0 Å². The number of carbonyl (C=O) groups excluding carboxylic acids is 1. The number of nitrogens with one attached hydrogen (secondary N) is 1. The Balaban J connectivity index is 1.58. The maximum absolute atomic E-state index is 12.9. The molecule has 2 heterocycles. The highest BCUT2D eigenvalue weighted by molar-refractivity contribution is 5.92. The van der Waals surface area contributed by atoms with Gasteiger partial charge in [0.05, 0.1) is 25.3 Å². The molecule has 2 aromatic heterocycles. The van der Waals surface area contributed by atoms with E-state index in [1.807, 2.05) is 6.07 Å². The molecule has 1 aliphatic rings. The predicted molar refractivity (Wildman–Crippen MR) is 109 cm³/mol. The number of aromatic nitrogens is 3. The molecule has 0 bridgehead atoms. The molecule has 29 heavy (non-hydrogen) atoms. The Kier molecular flexibility index (Phi) is 5.16. The summed E-state index contributed by atoms with van der Waals surface area (Å²) in [7, 11) is 3.06. The predicted octanol–water partition coefficient (Wildman–Crippen LogP) is 2.33. The lowest BCUT2D eigenvalue weighted by Crippen LogP contribution is -2.28. The van der Waals surface area contributed by atoms with Crippen LogP contribution >= 0.6 is 0 Å². The third-order valence-electron chi connectivity index (χ3n) is 5.09. The summed E-state index contributed by atoms with van der Waals surface area (Å²) < 4.78 is 11.7. The first-order valence-corrected chi connectivity index (χ1v) is 9.49. The van der Waals surface area contributed by atoms with E-state index >= 15 is 0 Å². The first kappa shape index (κ1) is 18.9. The smallest absolute Gasteiger partial charge is 0.263 e. The quantitative estimate of drug-likeness (QED) is 0.714. The van der Waals surface area contributed by atoms with Gasteiger partial charge >= 0.3 is 0 Å². The highest BCUT2D eigenvalue weighted by Gasteiger charge is 2.16. The van der Waals surface area contributed by atoms with E-state index in [9.17, 15) is 9.59 Å². The van der Waals surface area contributed by atoms with Gasteiger partial charge in [-0.05, 0) is 49.4 Å². The lowest BCUT2D eigenvalue weighted by atomic mass is 9.95. The van der Waals surface area contributed by atoms with Gasteiger partial charge in [-0.2, -0.15) is 0 Å². The van der Waals surface area contributed by atoms with Crippen LogP contribution in [0.2, 0.25) is 0 Å². The zero-order chi connectivity index (χ0) is 20.4. The molecule has 1 amide bonds. The van der Waals surface area contributed by atoms with Crippen molar-refractivity contribution in [1.29, 1.82) is 0 Å². The Labute approximate surface area is 167 Å². The van der Waals surface area contributed by atoms with Crippen molar-refractivity contribution >= 4 is 22.6 Å². The number of hydrogen-bond donors (Lipinski definition) is 1. The molecular weight excluding hydrogens is 372 g/mol. The molecule has 4 rings (SSSR count). The SMILES string of the molecule is COc1ccc(NC(=O)Cn2cnc3nc4c(cc3c2=O)CCCC4)c(OC)c1. The Morgan fingerprint density at radius 3 is 2.79 bits per heavy atom. The van der Waals surface area contributed by atoms with Gasteiger partial charge in [0.1, 0.15) is 24.4 Å². The second kappa shape index (κ2) is 7.90. The third kappa shape index (κ3) is 3.78. The van der Waals surface area contributed by atoms with Crippen LogP contribution in [-0.4, -0.2) is 34.7 Å². The van der Waals surface area contributed by atoms with Gasteiger partial charge in [0, 0.05) is 11.8 Å². The maximum atomic E-state index is 12.9. The van der Waals surface area contributed by atoms with Crippen LogP contribution in [0.25, 0.3) is 11.0 Å². The number of carbonyl (C=O) groups is 1. The van der Waals surface area contributed by atoms with Crippen molar-refractivity contribution in [2.75, 3.05) is 19.5 Å². The molecule has 0 saturated heterocycles. The number of methoxy groups -OCH3 is 2. The van der Waals surface area contributed by atoms with Gasteiger partial charge in [-0.3, -0.25) is 14.2 Å². The summed E-state index contributed by atoms with van der Waals surface area (Å²) >= 11 is 0. The molecule has 8 heteroatoms. The molecule has 0 unspecified atom stereocenters. The standard InChI is InChI=1S/C21H22N4O4/c1-28-14-7-8-17(18(10-14)29-2)23-19(26)11-25-12-22-20-15(21(25)27)9-13-5-3-4-6-16(13)24-20/h7-10,12H,3-6,11H2,1-2H3,(H,23,26). The normalized spacial score (nSPS) is 13.0. The molecule has 0 fully saturated rings. The van der Waals surface area contributed by atoms with Crippen molar-refractivity contribution in [2.45, 2.75) is 32.2 Å². The number of fused-ring (bicyclic) bond motifs is 2. The van der Waals surface area contributed by atoms with Crippen molar-refractivity contribution in [1.82, 2.24) is 14.5 Å². The van der Waals surface area contributed by atoms with E-state index in [0.717, 1.165) is 36.9 Å². The lowest BCUT2D eigenvalue weighted by molar-refractivity contribution is -0.116. The highest BCUT2D eigenvalue weighted by atomic mass is 16.5. The second-order valence-electron chi connectivity index (χ2n) is 6.96. The summed E-state index contributed by atoms with van der Waals surface area (Å²) in [6.07, 6.45) is 5.42. The Bertz CT molecular complexity index is 1140. The van der Waals surface area contributed by atoms with Crippen molar-refractivity contribution in [3.05, 3.63) is 52.2 Å². The van der Waals surface area contributed by atoms with Crippen molar-refractivity contribution in [3.63, 3.8) is 0 Å². The number of pyridine rings is 1. The first-order valence-electron chi connectivity index (χ1n) is 9.49. The minimum absolute atomic E-state index is 0.159. The zero-order valence-corrected chi connectivity index (χ0v) is 16.4. The lowest BCUT2D eigenvalue weighted by Gasteiger charge is -2.15. The van der Waals surface area contributed by atoms with Crippen molar-refractivity contribution < 1.29 is 14.3 Å². The Morgan fingerprint density at radius 2 is 2.00 bits per heavy atom. The molecule has 1 N–H and O–H groups in total. The van der Waals surface area contributed by atoms with Crippen LogP contribution in [0.1, 0.15) is 24.1 Å². The number of ether oxygens (including phenoxy) is 2. The fourth-order valence-corrected chi connectivity index (χ4v) is 3.57. The van der Waals surface area contributed by atoms with Crippen LogP contribution in [0.3, 0.4) is 0 Å². The number of aryl methyl sites for hydroxylation is 2. The third-order valence-corrected chi connectivity index (χ3v) is 5.09. The van der Waals surface area contributed by atoms with Gasteiger partial charge in [-0.15, -0.1) is 0 Å². The van der Waals surface area contributed by atoms with Crippen molar-refractivity contribution in [3.8, 4) is 11.5 Å². The van der Waals surface area contributed by atoms with Crippen LogP contribution in [0.5, 0.6) is 11.5 Å². The minimum atomic E-state index is -0.359. The number of hydrogen-bond acceptors (Lipinski definition) is 6. The average Bonchev–Trinajstić information content (AvgIpc) is 2.75. The molecule has 0 spiro atoms. The van der Waals surface area contributed by atoms with E-state index < -0.39 is 0 Å². The monoisotopic (exact) mass is 394 g/mol. The van der Waals surface area contributed by atoms with E-state index in [4.69, 9.17) is 9.47 Å². The van der Waals surface area contributed by atoms with Gasteiger partial charge in [-0.1, -0.05) is 0 Å². The van der Waals surface area contributed by atoms with Gasteiger partial charge in [0.15, 0.2) is 5.65 Å². The largest absolute Gasteiger partial charge is 0.497 e. The van der Waals surface area contributed by atoms with Crippen LogP contribution in [-0.2, 0) is 24.2 Å². The summed E-state index contributed by atoms with van der Waals surface area (Å²) in [6.45, 7) is -0.159. The Morgan fingerprint density at radius 1 is 1.17 bits per heavy atom. The first-order chi connectivity index (χ1) is 14.1. The molecule has 0 aliphatic heterocycles. The number of anilines is 1. The Hall–Kier alpha value is -3.42. The average molecular weight is 394 g/mol. The molecule has 1 aromatic carbocycles. The molecule has 8 nitrogen and oxygen atoms in total. The highest BCUT2D eigenvalue weighted by Crippen LogP contribution is 2.29. The fraction of sp³-hybridized carbons (Fsp3) is 0.333. The maximum Gasteiger partial charge on any atom is 0.263 e. The summed E-state index contributed by atoms with van der Waals surface area (Å²) in [4.78, 5) is 34.2. The van der Waals surface area contributed by atoms with E-state index in [2.05, 4.69) is 15.3 Å². The van der Waals surface area contributed by atoms with Gasteiger partial charge < -0.3 is 14.8 Å². The van der Waals surface area contributed by atoms with Gasteiger partial charge in [-0.25, -0.2) is 9.97 Å². The number of amides is 1. The zero-order valence-electron chi connectivity index (χ0n) is 16.4. The number of nitrogens with zero attached hydrogens (tertiary/aromatic N) is 3. The van der Waals surface area contributed by atoms with E-state index in [1.54, 1.807) is 25.3 Å². The molecule has 150 valence electrons. The summed E-state index contributed by atoms with van der Waals surface area (Å²) in [6, 6.07) is 6.96. The molecule has 0 radical (unpaired) electrons. The molecule has 3 aromatic rings. The second-order valence-corrected chi connectivity index (χ2v) is 6.96. The molecular formula is C21H22N4O4. The molecule has 0 atom stereocenters. The van der Waals surface area contributed by atoms with Crippen LogP contribution in [0, 0.1) is 0 Å². The molecule has 0 saturated carbocycles. The van der Waals surface area contributed by atoms with Crippen LogP contribution in [0.15, 0.2) is 35.4 Å². The van der Waals surface area contributed by atoms with Crippen LogP contribution < -0.4 is 20.3 Å². The number of rotatable bonds is 5. The summed E-state index contributed by atoms with van der Waals surface area (Å²) in [5.74, 6) is 0.728. The van der Waals surface area contributed by atoms with Crippen LogP contribution in [0.4, 0.5) is 5.69 Å². The summed E-state index contributed by atoms with van der Waals surface area (Å²) in [5.41, 5.74) is 2.79. The van der Waals surface area contributed by atoms with E-state index in [-0.39, 0.29) is 18.0 Å².